The maximum absolute atomic E-state index is 4.75. The molecular formula is C18H32N4Si2Sn. The van der Waals surface area contributed by atoms with E-state index in [0.29, 0.717) is 0 Å². The zero-order valence-corrected chi connectivity index (χ0v) is 21.8. The van der Waals surface area contributed by atoms with Crippen LogP contribution in [-0.4, -0.2) is 45.4 Å². The molecular weight excluding hydrogens is 447 g/mol. The van der Waals surface area contributed by atoms with Gasteiger partial charge in [0.1, 0.15) is 0 Å². The standard InChI is InChI=1S/2C8H13N2Si.2CH3.Sn/c2*1-11(2,3)10-8-6-4-5-7-9-8;;;/h2*4-7H,1-3H3;2*1H3;/q2*-1;;;+2. The average molecular weight is 479 g/mol. The van der Waals surface area contributed by atoms with E-state index in [1.807, 2.05) is 24.5 Å². The normalized spacial score (nSPS) is 12.8. The van der Waals surface area contributed by atoms with Gasteiger partial charge in [0, 0.05) is 0 Å². The van der Waals surface area contributed by atoms with Crippen LogP contribution in [0.2, 0.25) is 49.2 Å². The fraction of sp³-hybridized carbons (Fsp3) is 0.444. The van der Waals surface area contributed by atoms with E-state index in [-0.39, 0.29) is 0 Å². The summed E-state index contributed by atoms with van der Waals surface area (Å²) in [6.45, 7) is 14.6. The molecule has 2 aromatic rings. The second kappa shape index (κ2) is 7.40. The summed E-state index contributed by atoms with van der Waals surface area (Å²) in [6.07, 6.45) is 3.84. The van der Waals surface area contributed by atoms with Gasteiger partial charge in [-0.15, -0.1) is 0 Å². The van der Waals surface area contributed by atoms with E-state index in [2.05, 4.69) is 79.0 Å². The predicted octanol–water partition coefficient (Wildman–Crippen LogP) is 5.16. The molecule has 0 saturated heterocycles. The van der Waals surface area contributed by atoms with Crippen molar-refractivity contribution in [2.45, 2.75) is 49.2 Å². The van der Waals surface area contributed by atoms with Crippen LogP contribution in [0.3, 0.4) is 0 Å². The number of nitrogens with zero attached hydrogens (tertiary/aromatic N) is 4. The zero-order valence-electron chi connectivity index (χ0n) is 16.9. The van der Waals surface area contributed by atoms with Gasteiger partial charge in [-0.2, -0.15) is 0 Å². The van der Waals surface area contributed by atoms with E-state index in [1.54, 1.807) is 0 Å². The van der Waals surface area contributed by atoms with Crippen molar-refractivity contribution >= 4 is 47.0 Å². The minimum absolute atomic E-state index is 1.14. The molecule has 0 unspecified atom stereocenters. The first kappa shape index (κ1) is 20.4. The maximum atomic E-state index is 4.75. The fourth-order valence-corrected chi connectivity index (χ4v) is 43.5. The van der Waals surface area contributed by atoms with Gasteiger partial charge in [-0.1, -0.05) is 0 Å². The van der Waals surface area contributed by atoms with Gasteiger partial charge in [0.15, 0.2) is 0 Å². The Labute approximate surface area is 160 Å². The molecule has 2 aromatic heterocycles. The van der Waals surface area contributed by atoms with Gasteiger partial charge >= 0.3 is 161 Å². The molecule has 0 aliphatic carbocycles. The Hall–Kier alpha value is -0.868. The van der Waals surface area contributed by atoms with Crippen LogP contribution in [0.25, 0.3) is 0 Å². The molecule has 0 N–H and O–H groups in total. The first-order valence-electron chi connectivity index (χ1n) is 8.88. The third-order valence-electron chi connectivity index (χ3n) is 4.19. The Morgan fingerprint density at radius 2 is 1.04 bits per heavy atom. The number of aromatic nitrogens is 2. The van der Waals surface area contributed by atoms with Gasteiger partial charge in [0.05, 0.1) is 0 Å². The molecule has 0 aromatic carbocycles. The summed E-state index contributed by atoms with van der Waals surface area (Å²) in [6, 6.07) is 12.6. The Balaban J connectivity index is 2.64. The monoisotopic (exact) mass is 480 g/mol. The van der Waals surface area contributed by atoms with E-state index in [9.17, 15) is 0 Å². The molecule has 2 rings (SSSR count). The minimum atomic E-state index is -2.98. The quantitative estimate of drug-likeness (QED) is 0.536. The first-order chi connectivity index (χ1) is 11.5. The molecule has 0 atom stereocenters. The summed E-state index contributed by atoms with van der Waals surface area (Å²) < 4.78 is 5.52. The van der Waals surface area contributed by atoms with Crippen molar-refractivity contribution in [2.75, 3.05) is 5.57 Å². The Bertz CT molecular complexity index is 622. The molecule has 4 nitrogen and oxygen atoms in total. The number of hydrogen-bond acceptors (Lipinski definition) is 4. The average Bonchev–Trinajstić information content (AvgIpc) is 2.45. The Morgan fingerprint density at radius 3 is 1.28 bits per heavy atom. The first-order valence-corrected chi connectivity index (χ1v) is 24.0. The van der Waals surface area contributed by atoms with Crippen LogP contribution in [0.5, 0.6) is 0 Å². The molecule has 0 aliphatic rings. The number of pyridine rings is 2. The molecule has 0 saturated carbocycles. The molecule has 136 valence electrons. The number of rotatable bonds is 6. The van der Waals surface area contributed by atoms with Gasteiger partial charge in [-0.3, -0.25) is 0 Å². The van der Waals surface area contributed by atoms with E-state index in [4.69, 9.17) is 9.97 Å². The van der Waals surface area contributed by atoms with Crippen molar-refractivity contribution in [1.29, 1.82) is 0 Å². The van der Waals surface area contributed by atoms with E-state index in [0.717, 1.165) is 11.6 Å². The van der Waals surface area contributed by atoms with Crippen LogP contribution in [0.15, 0.2) is 48.8 Å². The second-order valence-corrected chi connectivity index (χ2v) is 32.1. The summed E-state index contributed by atoms with van der Waals surface area (Å²) in [5.41, 5.74) is 0. The Kier molecular flexibility index (Phi) is 6.05. The number of anilines is 2. The third kappa shape index (κ3) is 4.65. The summed E-state index contributed by atoms with van der Waals surface area (Å²) in [4.78, 5) is 14.5. The van der Waals surface area contributed by atoms with Crippen molar-refractivity contribution in [1.82, 2.24) is 9.97 Å². The van der Waals surface area contributed by atoms with Gasteiger partial charge in [-0.25, -0.2) is 0 Å². The van der Waals surface area contributed by atoms with Crippen molar-refractivity contribution in [2.24, 2.45) is 0 Å². The van der Waals surface area contributed by atoms with Crippen LogP contribution in [0.1, 0.15) is 0 Å². The molecule has 0 radical (unpaired) electrons. The number of hydrogen-bond donors (Lipinski definition) is 0. The van der Waals surface area contributed by atoms with Crippen LogP contribution >= 0.6 is 0 Å². The van der Waals surface area contributed by atoms with E-state index < -0.39 is 35.4 Å². The molecule has 25 heavy (non-hydrogen) atoms. The van der Waals surface area contributed by atoms with Crippen LogP contribution < -0.4 is 5.57 Å². The topological polar surface area (TPSA) is 32.3 Å². The van der Waals surface area contributed by atoms with Crippen molar-refractivity contribution in [3.63, 3.8) is 0 Å². The van der Waals surface area contributed by atoms with Gasteiger partial charge in [-0.05, 0) is 0 Å². The van der Waals surface area contributed by atoms with Crippen LogP contribution in [0, 0.1) is 0 Å². The van der Waals surface area contributed by atoms with Gasteiger partial charge in [0.2, 0.25) is 0 Å². The predicted molar refractivity (Wildman–Crippen MR) is 118 cm³/mol. The molecule has 0 fully saturated rings. The SMILES string of the molecule is C[Si](C)(C)[N](c1ccccn1)[Sn]([CH3])([CH3])[N](c1ccccn1)[Si](C)(C)C. The third-order valence-corrected chi connectivity index (χ3v) is 33.7. The summed E-state index contributed by atoms with van der Waals surface area (Å²) in [5, 5.41) is 0. The molecule has 0 bridgehead atoms. The summed E-state index contributed by atoms with van der Waals surface area (Å²) in [7, 11) is -3.24. The molecule has 0 amide bonds. The molecule has 0 spiro atoms. The van der Waals surface area contributed by atoms with Crippen molar-refractivity contribution < 1.29 is 0 Å². The van der Waals surface area contributed by atoms with Gasteiger partial charge < -0.3 is 0 Å². The summed E-state index contributed by atoms with van der Waals surface area (Å²) >= 11 is -2.98. The fourth-order valence-electron chi connectivity index (χ4n) is 3.96. The molecule has 7 heteroatoms. The van der Waals surface area contributed by atoms with Crippen LogP contribution in [0.4, 0.5) is 11.6 Å². The van der Waals surface area contributed by atoms with Crippen molar-refractivity contribution in [3.05, 3.63) is 48.8 Å². The Morgan fingerprint density at radius 1 is 0.680 bits per heavy atom. The van der Waals surface area contributed by atoms with E-state index >= 15 is 0 Å². The van der Waals surface area contributed by atoms with Gasteiger partial charge in [0.25, 0.3) is 0 Å². The zero-order chi connectivity index (χ0) is 18.9. The second-order valence-electron chi connectivity index (χ2n) is 8.88. The molecule has 0 aliphatic heterocycles. The molecule has 2 heterocycles. The van der Waals surface area contributed by atoms with Crippen LogP contribution in [-0.2, 0) is 0 Å². The summed E-state index contributed by atoms with van der Waals surface area (Å²) in [5.74, 6) is 2.28. The van der Waals surface area contributed by atoms with Crippen molar-refractivity contribution in [3.8, 4) is 0 Å². The van der Waals surface area contributed by atoms with E-state index in [1.165, 1.54) is 0 Å².